The Morgan fingerprint density at radius 2 is 1.83 bits per heavy atom. The van der Waals surface area contributed by atoms with Crippen LogP contribution >= 0.6 is 0 Å². The van der Waals surface area contributed by atoms with Crippen molar-refractivity contribution >= 4 is 33.7 Å². The number of hydrogen-bond donors (Lipinski definition) is 2. The third-order valence-electron chi connectivity index (χ3n) is 7.86. The molecular formula is C28H34N6O. The molecule has 1 atom stereocenters. The molecule has 4 aromatic rings. The standard InChI is InChI=1S/C28H34N6O/c1-18-7-10-21(11-8-18)34-24-6-4-3-5-22(24)23-15-29-28(32-27(23)34)31-25-12-9-20-17-33(13-14-35)16-19(2)26(20)30-25/h3-6,9,12,15,18-19,21,35H,7-8,10-11,13-14,16-17H2,1-2H3,(H,29,30,31,32)/t18-,19-,21-/m0/s1. The van der Waals surface area contributed by atoms with E-state index >= 15 is 0 Å². The molecule has 1 saturated carbocycles. The van der Waals surface area contributed by atoms with Gasteiger partial charge in [-0.2, -0.15) is 4.98 Å². The smallest absolute Gasteiger partial charge is 0.230 e. The highest BCUT2D eigenvalue weighted by Gasteiger charge is 2.25. The van der Waals surface area contributed by atoms with E-state index in [0.717, 1.165) is 41.6 Å². The number of nitrogens with one attached hydrogen (secondary N) is 1. The average Bonchev–Trinajstić information content (AvgIpc) is 3.19. The summed E-state index contributed by atoms with van der Waals surface area (Å²) in [6.45, 7) is 7.19. The molecule has 182 valence electrons. The van der Waals surface area contributed by atoms with E-state index < -0.39 is 0 Å². The van der Waals surface area contributed by atoms with Gasteiger partial charge in [0, 0.05) is 48.6 Å². The molecule has 3 aromatic heterocycles. The summed E-state index contributed by atoms with van der Waals surface area (Å²) in [5.41, 5.74) is 4.61. The summed E-state index contributed by atoms with van der Waals surface area (Å²) >= 11 is 0. The zero-order chi connectivity index (χ0) is 23.9. The third kappa shape index (κ3) is 4.17. The van der Waals surface area contributed by atoms with Gasteiger partial charge in [-0.25, -0.2) is 9.97 Å². The summed E-state index contributed by atoms with van der Waals surface area (Å²) in [7, 11) is 0. The molecule has 6 rings (SSSR count). The molecule has 1 aromatic carbocycles. The maximum Gasteiger partial charge on any atom is 0.230 e. The van der Waals surface area contributed by atoms with E-state index in [1.54, 1.807) is 0 Å². The SMILES string of the molecule is C[C@H]1CN(CCO)Cc2ccc(Nc3ncc4c5ccccc5n([C@H]5CC[C@H](C)CC5)c4n3)nc21. The number of hydrogen-bond acceptors (Lipinski definition) is 6. The van der Waals surface area contributed by atoms with Crippen LogP contribution in [0.2, 0.25) is 0 Å². The summed E-state index contributed by atoms with van der Waals surface area (Å²) in [5.74, 6) is 2.48. The fraction of sp³-hybridized carbons (Fsp3) is 0.464. The first-order chi connectivity index (χ1) is 17.1. The number of rotatable bonds is 5. The monoisotopic (exact) mass is 470 g/mol. The van der Waals surface area contributed by atoms with Crippen LogP contribution in [-0.2, 0) is 6.54 Å². The number of para-hydroxylation sites is 1. The molecule has 4 heterocycles. The van der Waals surface area contributed by atoms with Gasteiger partial charge in [0.05, 0.1) is 17.8 Å². The Labute approximate surface area is 206 Å². The molecule has 2 aliphatic rings. The number of fused-ring (bicyclic) bond motifs is 4. The minimum Gasteiger partial charge on any atom is -0.395 e. The van der Waals surface area contributed by atoms with Crippen molar-refractivity contribution in [3.63, 3.8) is 0 Å². The highest BCUT2D eigenvalue weighted by molar-refractivity contribution is 6.06. The van der Waals surface area contributed by atoms with E-state index in [1.165, 1.54) is 42.1 Å². The molecule has 2 N–H and O–H groups in total. The Morgan fingerprint density at radius 1 is 1.00 bits per heavy atom. The van der Waals surface area contributed by atoms with Crippen molar-refractivity contribution in [1.82, 2.24) is 24.4 Å². The molecule has 0 bridgehead atoms. The minimum absolute atomic E-state index is 0.186. The number of nitrogens with zero attached hydrogens (tertiary/aromatic N) is 5. The van der Waals surface area contributed by atoms with Crippen molar-refractivity contribution in [2.75, 3.05) is 25.0 Å². The first kappa shape index (κ1) is 22.4. The van der Waals surface area contributed by atoms with Crippen LogP contribution in [-0.4, -0.2) is 49.2 Å². The Kier molecular flexibility index (Phi) is 5.90. The molecule has 35 heavy (non-hydrogen) atoms. The molecule has 0 spiro atoms. The molecule has 1 fully saturated rings. The second-order valence-electron chi connectivity index (χ2n) is 10.5. The molecule has 0 radical (unpaired) electrons. The highest BCUT2D eigenvalue weighted by atomic mass is 16.3. The Bertz CT molecular complexity index is 1360. The third-order valence-corrected chi connectivity index (χ3v) is 7.86. The second kappa shape index (κ2) is 9.21. The molecule has 7 heteroatoms. The van der Waals surface area contributed by atoms with Gasteiger partial charge in [0.25, 0.3) is 0 Å². The summed E-state index contributed by atoms with van der Waals surface area (Å²) in [4.78, 5) is 16.9. The van der Waals surface area contributed by atoms with Gasteiger partial charge in [-0.15, -0.1) is 0 Å². The lowest BCUT2D eigenvalue weighted by Gasteiger charge is -2.32. The van der Waals surface area contributed by atoms with Gasteiger partial charge in [-0.3, -0.25) is 4.90 Å². The summed E-state index contributed by atoms with van der Waals surface area (Å²) in [6, 6.07) is 13.2. The predicted molar refractivity (Wildman–Crippen MR) is 140 cm³/mol. The fourth-order valence-corrected chi connectivity index (χ4v) is 6.04. The van der Waals surface area contributed by atoms with Crippen molar-refractivity contribution in [3.05, 3.63) is 53.9 Å². The van der Waals surface area contributed by atoms with Crippen LogP contribution in [0, 0.1) is 5.92 Å². The number of aliphatic hydroxyl groups excluding tert-OH is 1. The number of aromatic nitrogens is 4. The highest BCUT2D eigenvalue weighted by Crippen LogP contribution is 2.38. The second-order valence-corrected chi connectivity index (χ2v) is 10.5. The van der Waals surface area contributed by atoms with E-state index in [4.69, 9.17) is 9.97 Å². The van der Waals surface area contributed by atoms with E-state index in [2.05, 4.69) is 63.9 Å². The maximum absolute atomic E-state index is 9.31. The van der Waals surface area contributed by atoms with Crippen LogP contribution in [0.5, 0.6) is 0 Å². The van der Waals surface area contributed by atoms with Gasteiger partial charge in [0.2, 0.25) is 5.95 Å². The van der Waals surface area contributed by atoms with E-state index in [9.17, 15) is 5.11 Å². The molecule has 1 aliphatic carbocycles. The minimum atomic E-state index is 0.186. The quantitative estimate of drug-likeness (QED) is 0.407. The zero-order valence-corrected chi connectivity index (χ0v) is 20.6. The average molecular weight is 471 g/mol. The number of aliphatic hydroxyl groups is 1. The topological polar surface area (TPSA) is 79.1 Å². The van der Waals surface area contributed by atoms with Gasteiger partial charge >= 0.3 is 0 Å². The molecule has 0 saturated heterocycles. The lowest BCUT2D eigenvalue weighted by Crippen LogP contribution is -2.35. The lowest BCUT2D eigenvalue weighted by molar-refractivity contribution is 0.173. The number of benzene rings is 1. The Hall–Kier alpha value is -3.03. The molecule has 1 aliphatic heterocycles. The Morgan fingerprint density at radius 3 is 2.66 bits per heavy atom. The zero-order valence-electron chi connectivity index (χ0n) is 20.6. The van der Waals surface area contributed by atoms with E-state index in [-0.39, 0.29) is 6.61 Å². The number of pyridine rings is 1. The molecule has 0 unspecified atom stereocenters. The predicted octanol–water partition coefficient (Wildman–Crippen LogP) is 5.39. The van der Waals surface area contributed by atoms with Crippen LogP contribution < -0.4 is 5.32 Å². The largest absolute Gasteiger partial charge is 0.395 e. The van der Waals surface area contributed by atoms with Gasteiger partial charge in [-0.05, 0) is 49.3 Å². The van der Waals surface area contributed by atoms with E-state index in [1.807, 2.05) is 12.3 Å². The van der Waals surface area contributed by atoms with E-state index in [0.29, 0.717) is 24.5 Å². The molecular weight excluding hydrogens is 436 g/mol. The van der Waals surface area contributed by atoms with Crippen molar-refractivity contribution in [1.29, 1.82) is 0 Å². The first-order valence-corrected chi connectivity index (χ1v) is 13.0. The van der Waals surface area contributed by atoms with Gasteiger partial charge in [0.1, 0.15) is 11.5 Å². The van der Waals surface area contributed by atoms with Crippen molar-refractivity contribution < 1.29 is 5.11 Å². The van der Waals surface area contributed by atoms with Gasteiger partial charge in [0.15, 0.2) is 0 Å². The maximum atomic E-state index is 9.31. The fourth-order valence-electron chi connectivity index (χ4n) is 6.04. The van der Waals surface area contributed by atoms with Crippen LogP contribution in [0.1, 0.15) is 62.7 Å². The first-order valence-electron chi connectivity index (χ1n) is 13.0. The lowest BCUT2D eigenvalue weighted by atomic mass is 9.87. The van der Waals surface area contributed by atoms with Crippen LogP contribution in [0.4, 0.5) is 11.8 Å². The van der Waals surface area contributed by atoms with Crippen LogP contribution in [0.15, 0.2) is 42.6 Å². The van der Waals surface area contributed by atoms with Gasteiger partial charge < -0.3 is 15.0 Å². The normalized spacial score (nSPS) is 23.0. The van der Waals surface area contributed by atoms with Gasteiger partial charge in [-0.1, -0.05) is 38.1 Å². The van der Waals surface area contributed by atoms with Crippen LogP contribution in [0.3, 0.4) is 0 Å². The molecule has 0 amide bonds. The number of anilines is 2. The number of β-amino-alcohol motifs (C(OH)–C–C–N with tert-alkyl or cyclic N) is 1. The molecule has 7 nitrogen and oxygen atoms in total. The van der Waals surface area contributed by atoms with Crippen molar-refractivity contribution in [3.8, 4) is 0 Å². The summed E-state index contributed by atoms with van der Waals surface area (Å²) in [5, 5.41) is 15.0. The summed E-state index contributed by atoms with van der Waals surface area (Å²) in [6.07, 6.45) is 6.88. The van der Waals surface area contributed by atoms with Crippen LogP contribution in [0.25, 0.3) is 21.9 Å². The summed E-state index contributed by atoms with van der Waals surface area (Å²) < 4.78 is 2.46. The van der Waals surface area contributed by atoms with Crippen molar-refractivity contribution in [2.45, 2.75) is 58.0 Å². The van der Waals surface area contributed by atoms with Crippen molar-refractivity contribution in [2.24, 2.45) is 5.92 Å². The Balaban J connectivity index is 1.35.